The minimum atomic E-state index is -0.102. The highest BCUT2D eigenvalue weighted by Gasteiger charge is 2.24. The summed E-state index contributed by atoms with van der Waals surface area (Å²) in [6.45, 7) is 1.44. The third-order valence-electron chi connectivity index (χ3n) is 5.11. The van der Waals surface area contributed by atoms with Crippen LogP contribution in [0.2, 0.25) is 0 Å². The molecular formula is C23H24N4O2. The van der Waals surface area contributed by atoms with Crippen molar-refractivity contribution in [1.82, 2.24) is 9.97 Å². The van der Waals surface area contributed by atoms with E-state index in [1.165, 1.54) is 11.1 Å². The lowest BCUT2D eigenvalue weighted by Crippen LogP contribution is -2.36. The zero-order valence-electron chi connectivity index (χ0n) is 16.5. The number of methoxy groups -OCH3 is 1. The summed E-state index contributed by atoms with van der Waals surface area (Å²) in [5.41, 5.74) is 3.76. The fraction of sp³-hybridized carbons (Fsp3) is 0.261. The van der Waals surface area contributed by atoms with Crippen LogP contribution in [-0.2, 0) is 12.8 Å². The summed E-state index contributed by atoms with van der Waals surface area (Å²) in [4.78, 5) is 23.4. The Kier molecular flexibility index (Phi) is 5.70. The first-order chi connectivity index (χ1) is 14.2. The maximum atomic E-state index is 12.9. The molecule has 2 aromatic carbocycles. The first-order valence-electron chi connectivity index (χ1n) is 9.83. The third kappa shape index (κ3) is 4.37. The monoisotopic (exact) mass is 388 g/mol. The van der Waals surface area contributed by atoms with Crippen molar-refractivity contribution in [2.24, 2.45) is 0 Å². The summed E-state index contributed by atoms with van der Waals surface area (Å²) < 4.78 is 5.17. The Morgan fingerprint density at radius 1 is 1.10 bits per heavy atom. The smallest absolute Gasteiger partial charge is 0.278 e. The van der Waals surface area contributed by atoms with Crippen LogP contribution < -0.4 is 15.0 Å². The summed E-state index contributed by atoms with van der Waals surface area (Å²) in [5.74, 6) is 1.41. The molecular weight excluding hydrogens is 364 g/mol. The van der Waals surface area contributed by atoms with Gasteiger partial charge in [0, 0.05) is 18.8 Å². The van der Waals surface area contributed by atoms with Crippen molar-refractivity contribution in [2.45, 2.75) is 19.3 Å². The lowest BCUT2D eigenvalue weighted by atomic mass is 10.0. The van der Waals surface area contributed by atoms with Gasteiger partial charge in [-0.2, -0.15) is 0 Å². The molecule has 2 heterocycles. The Balaban J connectivity index is 1.36. The van der Waals surface area contributed by atoms with Gasteiger partial charge in [-0.3, -0.25) is 4.79 Å². The molecule has 0 saturated carbocycles. The number of anilines is 2. The number of carbonyl (C=O) groups is 1. The zero-order valence-corrected chi connectivity index (χ0v) is 16.5. The first kappa shape index (κ1) is 18.9. The number of aromatic nitrogens is 2. The van der Waals surface area contributed by atoms with E-state index in [-0.39, 0.29) is 5.91 Å². The number of hydrogen-bond acceptors (Lipinski definition) is 5. The first-order valence-corrected chi connectivity index (χ1v) is 9.83. The fourth-order valence-electron chi connectivity index (χ4n) is 3.54. The summed E-state index contributed by atoms with van der Waals surface area (Å²) in [7, 11) is 1.66. The van der Waals surface area contributed by atoms with Crippen molar-refractivity contribution >= 4 is 17.4 Å². The number of nitrogens with one attached hydrogen (secondary N) is 1. The lowest BCUT2D eigenvalue weighted by molar-refractivity contribution is 0.0980. The molecule has 3 aromatic rings. The number of para-hydroxylation sites is 1. The molecule has 148 valence electrons. The molecule has 6 nitrogen and oxygen atoms in total. The van der Waals surface area contributed by atoms with Crippen LogP contribution >= 0.6 is 0 Å². The van der Waals surface area contributed by atoms with Gasteiger partial charge in [0.2, 0.25) is 0 Å². The molecule has 0 bridgehead atoms. The Morgan fingerprint density at radius 2 is 1.93 bits per heavy atom. The fourth-order valence-corrected chi connectivity index (χ4v) is 3.54. The van der Waals surface area contributed by atoms with Gasteiger partial charge < -0.3 is 15.0 Å². The molecule has 1 aliphatic heterocycles. The molecule has 29 heavy (non-hydrogen) atoms. The topological polar surface area (TPSA) is 67.3 Å². The Morgan fingerprint density at radius 3 is 2.69 bits per heavy atom. The van der Waals surface area contributed by atoms with Crippen molar-refractivity contribution in [3.63, 3.8) is 0 Å². The van der Waals surface area contributed by atoms with E-state index in [1.807, 2.05) is 42.5 Å². The highest BCUT2D eigenvalue weighted by Crippen LogP contribution is 2.27. The molecule has 1 aromatic heterocycles. The van der Waals surface area contributed by atoms with E-state index < -0.39 is 0 Å². The van der Waals surface area contributed by atoms with E-state index in [0.29, 0.717) is 18.1 Å². The average molecular weight is 388 g/mol. The maximum Gasteiger partial charge on any atom is 0.278 e. The molecule has 1 amide bonds. The largest absolute Gasteiger partial charge is 0.497 e. The average Bonchev–Trinajstić information content (AvgIpc) is 2.79. The minimum Gasteiger partial charge on any atom is -0.497 e. The molecule has 0 radical (unpaired) electrons. The predicted octanol–water partition coefficient (Wildman–Crippen LogP) is 3.73. The molecule has 0 saturated heterocycles. The highest BCUT2D eigenvalue weighted by molar-refractivity contribution is 6.05. The van der Waals surface area contributed by atoms with Gasteiger partial charge in [0.15, 0.2) is 0 Å². The van der Waals surface area contributed by atoms with Crippen molar-refractivity contribution in [3.8, 4) is 5.75 Å². The molecule has 1 N–H and O–H groups in total. The number of aryl methyl sites for hydroxylation is 1. The van der Waals surface area contributed by atoms with Crippen LogP contribution in [0.4, 0.5) is 11.5 Å². The number of carbonyl (C=O) groups excluding carboxylic acids is 1. The van der Waals surface area contributed by atoms with Crippen LogP contribution in [0.25, 0.3) is 0 Å². The van der Waals surface area contributed by atoms with Crippen LogP contribution in [0.1, 0.15) is 28.0 Å². The number of nitrogens with zero attached hydrogens (tertiary/aromatic N) is 3. The number of ether oxygens (including phenoxy) is 1. The maximum absolute atomic E-state index is 12.9. The standard InChI is InChI=1S/C23H24N4O2/c1-29-19-10-8-17(9-11-19)12-13-24-22-16-25-20(15-26-22)23(28)27-14-4-6-18-5-2-3-7-21(18)27/h2-3,5,7-11,15-16H,4,6,12-14H2,1H3,(H,24,26). The predicted molar refractivity (Wildman–Crippen MR) is 114 cm³/mol. The van der Waals surface area contributed by atoms with Crippen molar-refractivity contribution in [1.29, 1.82) is 0 Å². The molecule has 0 spiro atoms. The highest BCUT2D eigenvalue weighted by atomic mass is 16.5. The Labute approximate surface area is 170 Å². The normalized spacial score (nSPS) is 12.9. The van der Waals surface area contributed by atoms with Gasteiger partial charge in [-0.05, 0) is 48.6 Å². The van der Waals surface area contributed by atoms with Crippen LogP contribution in [0.5, 0.6) is 5.75 Å². The Bertz CT molecular complexity index is 971. The van der Waals surface area contributed by atoms with Crippen LogP contribution in [0.3, 0.4) is 0 Å². The lowest BCUT2D eigenvalue weighted by Gasteiger charge is -2.29. The van der Waals surface area contributed by atoms with Gasteiger partial charge in [0.05, 0.1) is 19.5 Å². The number of rotatable bonds is 6. The number of benzene rings is 2. The van der Waals surface area contributed by atoms with Gasteiger partial charge in [0.1, 0.15) is 17.3 Å². The van der Waals surface area contributed by atoms with E-state index in [0.717, 1.165) is 37.2 Å². The summed E-state index contributed by atoms with van der Waals surface area (Å²) in [5, 5.41) is 3.25. The molecule has 0 aliphatic carbocycles. The molecule has 0 atom stereocenters. The summed E-state index contributed by atoms with van der Waals surface area (Å²) >= 11 is 0. The van der Waals surface area contributed by atoms with Gasteiger partial charge in [-0.25, -0.2) is 9.97 Å². The quantitative estimate of drug-likeness (QED) is 0.697. The zero-order chi connectivity index (χ0) is 20.1. The second kappa shape index (κ2) is 8.73. The van der Waals surface area contributed by atoms with Crippen LogP contribution in [0, 0.1) is 0 Å². The SMILES string of the molecule is COc1ccc(CCNc2cnc(C(=O)N3CCCc4ccccc43)cn2)cc1. The van der Waals surface area contributed by atoms with E-state index >= 15 is 0 Å². The molecule has 4 rings (SSSR count). The number of hydrogen-bond donors (Lipinski definition) is 1. The molecule has 0 unspecified atom stereocenters. The van der Waals surface area contributed by atoms with Gasteiger partial charge in [-0.15, -0.1) is 0 Å². The minimum absolute atomic E-state index is 0.102. The molecule has 1 aliphatic rings. The summed E-state index contributed by atoms with van der Waals surface area (Å²) in [6, 6.07) is 16.0. The van der Waals surface area contributed by atoms with Crippen molar-refractivity contribution < 1.29 is 9.53 Å². The number of fused-ring (bicyclic) bond motifs is 1. The molecule has 6 heteroatoms. The van der Waals surface area contributed by atoms with E-state index in [1.54, 1.807) is 24.4 Å². The van der Waals surface area contributed by atoms with Gasteiger partial charge in [-0.1, -0.05) is 30.3 Å². The van der Waals surface area contributed by atoms with Crippen molar-refractivity contribution in [2.75, 3.05) is 30.4 Å². The van der Waals surface area contributed by atoms with Gasteiger partial charge in [0.25, 0.3) is 5.91 Å². The van der Waals surface area contributed by atoms with Crippen LogP contribution in [-0.4, -0.2) is 36.1 Å². The molecule has 0 fully saturated rings. The Hall–Kier alpha value is -3.41. The van der Waals surface area contributed by atoms with Crippen molar-refractivity contribution in [3.05, 3.63) is 77.7 Å². The second-order valence-electron chi connectivity index (χ2n) is 7.00. The number of amides is 1. The summed E-state index contributed by atoms with van der Waals surface area (Å²) in [6.07, 6.45) is 5.99. The third-order valence-corrected chi connectivity index (χ3v) is 5.11. The second-order valence-corrected chi connectivity index (χ2v) is 7.00. The van der Waals surface area contributed by atoms with E-state index in [2.05, 4.69) is 21.4 Å². The van der Waals surface area contributed by atoms with Gasteiger partial charge >= 0.3 is 0 Å². The van der Waals surface area contributed by atoms with E-state index in [4.69, 9.17) is 4.74 Å². The van der Waals surface area contributed by atoms with Crippen LogP contribution in [0.15, 0.2) is 60.9 Å². The van der Waals surface area contributed by atoms with E-state index in [9.17, 15) is 4.79 Å².